The number of aliphatic hydroxyl groups is 1. The molecular formula is C7H12N2OS2. The summed E-state index contributed by atoms with van der Waals surface area (Å²) >= 11 is 2.92. The first kappa shape index (κ1) is 9.95. The fourth-order valence-electron chi connectivity index (χ4n) is 0.575. The first-order valence-corrected chi connectivity index (χ1v) is 5.39. The van der Waals surface area contributed by atoms with E-state index in [9.17, 15) is 5.11 Å². The number of hydrogen-bond donors (Lipinski definition) is 1. The fraction of sp³-hybridized carbons (Fsp3) is 0.714. The van der Waals surface area contributed by atoms with E-state index < -0.39 is 5.60 Å². The molecule has 1 aromatic heterocycles. The summed E-state index contributed by atoms with van der Waals surface area (Å²) in [6.45, 7) is 5.44. The summed E-state index contributed by atoms with van der Waals surface area (Å²) in [5, 5.41) is 9.42. The van der Waals surface area contributed by atoms with Gasteiger partial charge < -0.3 is 5.11 Å². The molecule has 0 aliphatic carbocycles. The second-order valence-corrected chi connectivity index (χ2v) is 5.18. The molecule has 0 atom stereocenters. The van der Waals surface area contributed by atoms with Gasteiger partial charge in [-0.2, -0.15) is 4.37 Å². The average molecular weight is 204 g/mol. The number of rotatable bonds is 3. The summed E-state index contributed by atoms with van der Waals surface area (Å²) in [5.41, 5.74) is -0.635. The van der Waals surface area contributed by atoms with Crippen molar-refractivity contribution in [1.29, 1.82) is 0 Å². The van der Waals surface area contributed by atoms with E-state index >= 15 is 0 Å². The van der Waals surface area contributed by atoms with E-state index in [0.29, 0.717) is 5.75 Å². The highest BCUT2D eigenvalue weighted by Crippen LogP contribution is 2.23. The van der Waals surface area contributed by atoms with Gasteiger partial charge in [-0.1, -0.05) is 11.8 Å². The van der Waals surface area contributed by atoms with Crippen molar-refractivity contribution < 1.29 is 5.11 Å². The molecule has 0 saturated heterocycles. The summed E-state index contributed by atoms with van der Waals surface area (Å²) in [4.78, 5) is 4.17. The summed E-state index contributed by atoms with van der Waals surface area (Å²) in [7, 11) is 0. The highest BCUT2D eigenvalue weighted by Gasteiger charge is 2.14. The Morgan fingerprint density at radius 3 is 2.67 bits per heavy atom. The van der Waals surface area contributed by atoms with Crippen LogP contribution in [0, 0.1) is 6.92 Å². The summed E-state index contributed by atoms with van der Waals surface area (Å²) in [6, 6.07) is 0. The van der Waals surface area contributed by atoms with Gasteiger partial charge >= 0.3 is 0 Å². The Kier molecular flexibility index (Phi) is 3.09. The van der Waals surface area contributed by atoms with E-state index in [2.05, 4.69) is 9.36 Å². The lowest BCUT2D eigenvalue weighted by atomic mass is 10.2. The maximum absolute atomic E-state index is 9.42. The van der Waals surface area contributed by atoms with E-state index in [1.807, 2.05) is 6.92 Å². The van der Waals surface area contributed by atoms with Gasteiger partial charge in [0, 0.05) is 5.75 Å². The van der Waals surface area contributed by atoms with E-state index in [-0.39, 0.29) is 0 Å². The molecule has 1 aromatic rings. The Labute approximate surface area is 80.4 Å². The minimum Gasteiger partial charge on any atom is -0.390 e. The molecule has 0 saturated carbocycles. The van der Waals surface area contributed by atoms with E-state index in [0.717, 1.165) is 10.2 Å². The fourth-order valence-corrected chi connectivity index (χ4v) is 2.17. The average Bonchev–Trinajstić information content (AvgIpc) is 2.30. The zero-order valence-electron chi connectivity index (χ0n) is 7.37. The number of aromatic nitrogens is 2. The van der Waals surface area contributed by atoms with Crippen molar-refractivity contribution in [3.63, 3.8) is 0 Å². The topological polar surface area (TPSA) is 46.0 Å². The normalized spacial score (nSPS) is 12.0. The van der Waals surface area contributed by atoms with Crippen molar-refractivity contribution in [3.05, 3.63) is 5.82 Å². The van der Waals surface area contributed by atoms with Crippen molar-refractivity contribution in [2.24, 2.45) is 0 Å². The quantitative estimate of drug-likeness (QED) is 0.761. The molecule has 5 heteroatoms. The molecule has 0 unspecified atom stereocenters. The highest BCUT2D eigenvalue weighted by atomic mass is 32.2. The molecule has 3 nitrogen and oxygen atoms in total. The first-order chi connectivity index (χ1) is 5.47. The van der Waals surface area contributed by atoms with Gasteiger partial charge in [-0.3, -0.25) is 0 Å². The Hall–Kier alpha value is -0.130. The van der Waals surface area contributed by atoms with Gasteiger partial charge in [-0.15, -0.1) is 0 Å². The Morgan fingerprint density at radius 1 is 1.58 bits per heavy atom. The third-order valence-electron chi connectivity index (χ3n) is 1.06. The maximum Gasteiger partial charge on any atom is 0.170 e. The molecule has 12 heavy (non-hydrogen) atoms. The number of aryl methyl sites for hydroxylation is 1. The van der Waals surface area contributed by atoms with Crippen molar-refractivity contribution in [2.45, 2.75) is 30.7 Å². The van der Waals surface area contributed by atoms with Crippen LogP contribution in [0.15, 0.2) is 4.34 Å². The van der Waals surface area contributed by atoms with Gasteiger partial charge in [-0.25, -0.2) is 4.98 Å². The van der Waals surface area contributed by atoms with Gasteiger partial charge in [0.2, 0.25) is 0 Å². The number of thioether (sulfide) groups is 1. The van der Waals surface area contributed by atoms with E-state index in [1.54, 1.807) is 25.6 Å². The first-order valence-electron chi connectivity index (χ1n) is 3.63. The maximum atomic E-state index is 9.42. The molecule has 0 fully saturated rings. The van der Waals surface area contributed by atoms with Gasteiger partial charge in [-0.05, 0) is 32.3 Å². The standard InChI is InChI=1S/C7H12N2OS2/c1-5-8-6(12-9-5)11-4-7(2,3)10/h10H,4H2,1-3H3. The van der Waals surface area contributed by atoms with Crippen molar-refractivity contribution >= 4 is 23.3 Å². The molecular weight excluding hydrogens is 192 g/mol. The van der Waals surface area contributed by atoms with Crippen LogP contribution in [0.25, 0.3) is 0 Å². The zero-order valence-corrected chi connectivity index (χ0v) is 9.00. The van der Waals surface area contributed by atoms with E-state index in [4.69, 9.17) is 0 Å². The minimum atomic E-state index is -0.635. The molecule has 0 radical (unpaired) electrons. The number of nitrogens with zero attached hydrogens (tertiary/aromatic N) is 2. The van der Waals surface area contributed by atoms with Crippen LogP contribution in [0.5, 0.6) is 0 Å². The van der Waals surface area contributed by atoms with Crippen molar-refractivity contribution in [1.82, 2.24) is 9.36 Å². The van der Waals surface area contributed by atoms with Crippen LogP contribution < -0.4 is 0 Å². The Balaban J connectivity index is 2.44. The Morgan fingerprint density at radius 2 is 2.25 bits per heavy atom. The van der Waals surface area contributed by atoms with Crippen LogP contribution in [0.4, 0.5) is 0 Å². The third kappa shape index (κ3) is 3.51. The van der Waals surface area contributed by atoms with Crippen LogP contribution >= 0.6 is 23.3 Å². The second kappa shape index (κ2) is 3.72. The summed E-state index contributed by atoms with van der Waals surface area (Å²) < 4.78 is 4.97. The lowest BCUT2D eigenvalue weighted by Crippen LogP contribution is -2.21. The van der Waals surface area contributed by atoms with Crippen LogP contribution in [-0.4, -0.2) is 25.8 Å². The Bertz CT molecular complexity index is 254. The lowest BCUT2D eigenvalue weighted by molar-refractivity contribution is 0.107. The molecule has 1 N–H and O–H groups in total. The zero-order chi connectivity index (χ0) is 9.19. The molecule has 1 heterocycles. The predicted octanol–water partition coefficient (Wildman–Crippen LogP) is 1.71. The van der Waals surface area contributed by atoms with Crippen LogP contribution in [0.1, 0.15) is 19.7 Å². The third-order valence-corrected chi connectivity index (χ3v) is 3.43. The smallest absolute Gasteiger partial charge is 0.170 e. The highest BCUT2D eigenvalue weighted by molar-refractivity contribution is 8.01. The van der Waals surface area contributed by atoms with E-state index in [1.165, 1.54) is 11.5 Å². The van der Waals surface area contributed by atoms with Gasteiger partial charge in [0.1, 0.15) is 5.82 Å². The summed E-state index contributed by atoms with van der Waals surface area (Å²) in [6.07, 6.45) is 0. The second-order valence-electron chi connectivity index (χ2n) is 3.21. The molecule has 1 rings (SSSR count). The molecule has 0 bridgehead atoms. The monoisotopic (exact) mass is 204 g/mol. The molecule has 0 aliphatic rings. The van der Waals surface area contributed by atoms with Crippen LogP contribution in [0.2, 0.25) is 0 Å². The van der Waals surface area contributed by atoms with Crippen molar-refractivity contribution in [3.8, 4) is 0 Å². The molecule has 0 amide bonds. The molecule has 0 aliphatic heterocycles. The largest absolute Gasteiger partial charge is 0.390 e. The molecule has 68 valence electrons. The van der Waals surface area contributed by atoms with Gasteiger partial charge in [0.15, 0.2) is 4.34 Å². The predicted molar refractivity (Wildman–Crippen MR) is 51.7 cm³/mol. The SMILES string of the molecule is Cc1nsc(SCC(C)(C)O)n1. The lowest BCUT2D eigenvalue weighted by Gasteiger charge is -2.14. The molecule has 0 spiro atoms. The van der Waals surface area contributed by atoms with Crippen LogP contribution in [-0.2, 0) is 0 Å². The molecule has 0 aromatic carbocycles. The van der Waals surface area contributed by atoms with Gasteiger partial charge in [0.25, 0.3) is 0 Å². The van der Waals surface area contributed by atoms with Gasteiger partial charge in [0.05, 0.1) is 5.60 Å². The minimum absolute atomic E-state index is 0.635. The number of hydrogen-bond acceptors (Lipinski definition) is 5. The summed E-state index contributed by atoms with van der Waals surface area (Å²) in [5.74, 6) is 1.46. The van der Waals surface area contributed by atoms with Crippen LogP contribution in [0.3, 0.4) is 0 Å². The van der Waals surface area contributed by atoms with Crippen molar-refractivity contribution in [2.75, 3.05) is 5.75 Å².